The molecule has 0 aliphatic carbocycles. The third-order valence-electron chi connectivity index (χ3n) is 5.44. The number of pyridine rings is 1. The number of halogens is 2. The molecule has 0 radical (unpaired) electrons. The van der Waals surface area contributed by atoms with E-state index in [4.69, 9.17) is 26.1 Å². The predicted molar refractivity (Wildman–Crippen MR) is 108 cm³/mol. The second-order valence-electron chi connectivity index (χ2n) is 7.49. The summed E-state index contributed by atoms with van der Waals surface area (Å²) < 4.78 is 25.0. The zero-order valence-electron chi connectivity index (χ0n) is 16.2. The van der Waals surface area contributed by atoms with E-state index in [1.54, 1.807) is 12.1 Å². The van der Waals surface area contributed by atoms with Crippen molar-refractivity contribution < 1.29 is 13.9 Å². The predicted octanol–water partition coefficient (Wildman–Crippen LogP) is 3.96. The average Bonchev–Trinajstić information content (AvgIpc) is 2.69. The van der Waals surface area contributed by atoms with E-state index in [1.807, 2.05) is 0 Å². The van der Waals surface area contributed by atoms with E-state index in [1.165, 1.54) is 18.7 Å². The molecule has 150 valence electrons. The van der Waals surface area contributed by atoms with E-state index in [0.717, 1.165) is 50.4 Å². The molecule has 0 spiro atoms. The van der Waals surface area contributed by atoms with Crippen molar-refractivity contribution in [1.29, 1.82) is 0 Å². The Balaban J connectivity index is 1.40. The molecule has 1 atom stereocenters. The van der Waals surface area contributed by atoms with Crippen molar-refractivity contribution in [2.24, 2.45) is 0 Å². The minimum absolute atomic E-state index is 0.0296. The number of hydrogen-bond acceptors (Lipinski definition) is 5. The fourth-order valence-corrected chi connectivity index (χ4v) is 4.14. The maximum atomic E-state index is 14.1. The van der Waals surface area contributed by atoms with Crippen LogP contribution in [-0.2, 0) is 13.0 Å². The number of fused-ring (bicyclic) bond motifs is 1. The summed E-state index contributed by atoms with van der Waals surface area (Å²) in [6, 6.07) is 7.18. The Morgan fingerprint density at radius 2 is 2.04 bits per heavy atom. The number of ether oxygens (including phenoxy) is 2. The number of nitrogens with zero attached hydrogens (tertiary/aromatic N) is 2. The molecule has 7 heteroatoms. The molecule has 4 rings (SSSR count). The van der Waals surface area contributed by atoms with Crippen LogP contribution in [0.15, 0.2) is 24.3 Å². The Hall–Kier alpha value is -2.05. The lowest BCUT2D eigenvalue weighted by Gasteiger charge is -2.34. The Morgan fingerprint density at radius 3 is 2.75 bits per heavy atom. The lowest BCUT2D eigenvalue weighted by Crippen LogP contribution is -2.39. The fourth-order valence-electron chi connectivity index (χ4n) is 3.85. The number of aromatic nitrogens is 1. The summed E-state index contributed by atoms with van der Waals surface area (Å²) in [6.07, 6.45) is 2.50. The van der Waals surface area contributed by atoms with Crippen molar-refractivity contribution in [2.45, 2.75) is 44.9 Å². The zero-order chi connectivity index (χ0) is 19.7. The Bertz CT molecular complexity index is 856. The quantitative estimate of drug-likeness (QED) is 0.834. The molecule has 0 saturated carbocycles. The van der Waals surface area contributed by atoms with Crippen LogP contribution in [0, 0.1) is 5.82 Å². The standard InChI is InChI=1S/C21H25ClFN3O2/c1-13-9-14-10-17(22)21(25-19(14)12-24-13)26-7-5-15(6-8-26)28-20-4-3-16(27-2)11-18(20)23/h3-4,10-11,13,15,24H,5-9,12H2,1-2H3. The number of rotatable bonds is 4. The van der Waals surface area contributed by atoms with Crippen molar-refractivity contribution in [1.82, 2.24) is 10.3 Å². The molecule has 1 aromatic carbocycles. The van der Waals surface area contributed by atoms with Gasteiger partial charge in [0.05, 0.1) is 17.8 Å². The first kappa shape index (κ1) is 19.3. The molecule has 1 N–H and O–H groups in total. The maximum absolute atomic E-state index is 14.1. The van der Waals surface area contributed by atoms with Crippen LogP contribution in [0.2, 0.25) is 5.02 Å². The van der Waals surface area contributed by atoms with E-state index in [2.05, 4.69) is 23.2 Å². The normalized spacial score (nSPS) is 20.0. The van der Waals surface area contributed by atoms with Crippen LogP contribution in [-0.4, -0.2) is 37.3 Å². The third kappa shape index (κ3) is 4.03. The monoisotopic (exact) mass is 405 g/mol. The van der Waals surface area contributed by atoms with Crippen LogP contribution < -0.4 is 19.7 Å². The van der Waals surface area contributed by atoms with Crippen LogP contribution in [0.25, 0.3) is 0 Å². The van der Waals surface area contributed by atoms with Gasteiger partial charge in [0.1, 0.15) is 17.7 Å². The first-order valence-electron chi connectivity index (χ1n) is 9.70. The van der Waals surface area contributed by atoms with E-state index in [-0.39, 0.29) is 11.9 Å². The number of nitrogens with one attached hydrogen (secondary N) is 1. The highest BCUT2D eigenvalue weighted by atomic mass is 35.5. The second-order valence-corrected chi connectivity index (χ2v) is 7.89. The molecule has 2 aliphatic heterocycles. The van der Waals surface area contributed by atoms with Crippen molar-refractivity contribution in [3.05, 3.63) is 46.4 Å². The van der Waals surface area contributed by atoms with Gasteiger partial charge in [0, 0.05) is 44.6 Å². The van der Waals surface area contributed by atoms with Crippen LogP contribution in [0.5, 0.6) is 11.5 Å². The summed E-state index contributed by atoms with van der Waals surface area (Å²) in [5.74, 6) is 1.19. The Kier molecular flexibility index (Phi) is 5.60. The molecule has 1 saturated heterocycles. The fraction of sp³-hybridized carbons (Fsp3) is 0.476. The summed E-state index contributed by atoms with van der Waals surface area (Å²) in [5, 5.41) is 4.15. The minimum Gasteiger partial charge on any atom is -0.497 e. The van der Waals surface area contributed by atoms with E-state index in [0.29, 0.717) is 16.8 Å². The van der Waals surface area contributed by atoms with Gasteiger partial charge >= 0.3 is 0 Å². The first-order valence-corrected chi connectivity index (χ1v) is 10.1. The smallest absolute Gasteiger partial charge is 0.168 e. The molecule has 1 aromatic heterocycles. The van der Waals surface area contributed by atoms with Crippen molar-refractivity contribution >= 4 is 17.4 Å². The molecule has 3 heterocycles. The number of benzene rings is 1. The van der Waals surface area contributed by atoms with E-state index >= 15 is 0 Å². The lowest BCUT2D eigenvalue weighted by molar-refractivity contribution is 0.163. The lowest BCUT2D eigenvalue weighted by atomic mass is 10.0. The van der Waals surface area contributed by atoms with Crippen molar-refractivity contribution in [2.75, 3.05) is 25.1 Å². The molecule has 2 aromatic rings. The summed E-state index contributed by atoms with van der Waals surface area (Å²) in [7, 11) is 1.52. The van der Waals surface area contributed by atoms with E-state index < -0.39 is 5.82 Å². The minimum atomic E-state index is -0.400. The molecule has 5 nitrogen and oxygen atoms in total. The molecule has 0 bridgehead atoms. The zero-order valence-corrected chi connectivity index (χ0v) is 16.9. The summed E-state index contributed by atoms with van der Waals surface area (Å²) in [4.78, 5) is 7.03. The molecule has 1 fully saturated rings. The highest BCUT2D eigenvalue weighted by molar-refractivity contribution is 6.33. The van der Waals surface area contributed by atoms with Gasteiger partial charge < -0.3 is 19.7 Å². The van der Waals surface area contributed by atoms with E-state index in [9.17, 15) is 4.39 Å². The van der Waals surface area contributed by atoms with Gasteiger partial charge in [-0.1, -0.05) is 11.6 Å². The van der Waals surface area contributed by atoms with Crippen molar-refractivity contribution in [3.8, 4) is 11.5 Å². The number of anilines is 1. The first-order chi connectivity index (χ1) is 13.5. The molecule has 1 unspecified atom stereocenters. The Morgan fingerprint density at radius 1 is 1.25 bits per heavy atom. The van der Waals surface area contributed by atoms with Crippen LogP contribution in [0.4, 0.5) is 10.2 Å². The van der Waals surface area contributed by atoms with Gasteiger partial charge in [-0.05, 0) is 37.1 Å². The third-order valence-corrected chi connectivity index (χ3v) is 5.72. The maximum Gasteiger partial charge on any atom is 0.168 e. The van der Waals surface area contributed by atoms with Gasteiger partial charge in [-0.3, -0.25) is 0 Å². The van der Waals surface area contributed by atoms with Gasteiger partial charge in [-0.2, -0.15) is 0 Å². The van der Waals surface area contributed by atoms with Crippen LogP contribution >= 0.6 is 11.6 Å². The van der Waals surface area contributed by atoms with Gasteiger partial charge in [0.15, 0.2) is 11.6 Å². The molecule has 0 amide bonds. The average molecular weight is 406 g/mol. The Labute approximate surface area is 169 Å². The van der Waals surface area contributed by atoms with Crippen LogP contribution in [0.3, 0.4) is 0 Å². The number of hydrogen-bond donors (Lipinski definition) is 1. The van der Waals surface area contributed by atoms with Gasteiger partial charge in [0.25, 0.3) is 0 Å². The van der Waals surface area contributed by atoms with Crippen molar-refractivity contribution in [3.63, 3.8) is 0 Å². The topological polar surface area (TPSA) is 46.6 Å². The second kappa shape index (κ2) is 8.13. The molecular formula is C21H25ClFN3O2. The van der Waals surface area contributed by atoms with Gasteiger partial charge in [-0.25, -0.2) is 9.37 Å². The SMILES string of the molecule is COc1ccc(OC2CCN(c3nc4c(cc3Cl)CC(C)NC4)CC2)c(F)c1. The van der Waals surface area contributed by atoms with Gasteiger partial charge in [-0.15, -0.1) is 0 Å². The van der Waals surface area contributed by atoms with Gasteiger partial charge in [0.2, 0.25) is 0 Å². The highest BCUT2D eigenvalue weighted by Gasteiger charge is 2.26. The largest absolute Gasteiger partial charge is 0.497 e. The highest BCUT2D eigenvalue weighted by Crippen LogP contribution is 2.31. The van der Waals surface area contributed by atoms with Crippen LogP contribution in [0.1, 0.15) is 31.0 Å². The summed E-state index contributed by atoms with van der Waals surface area (Å²) in [6.45, 7) is 4.49. The molecule has 28 heavy (non-hydrogen) atoms. The summed E-state index contributed by atoms with van der Waals surface area (Å²) in [5.41, 5.74) is 2.31. The number of piperidine rings is 1. The molecule has 2 aliphatic rings. The number of methoxy groups -OCH3 is 1. The summed E-state index contributed by atoms with van der Waals surface area (Å²) >= 11 is 6.54. The molecular weight excluding hydrogens is 381 g/mol.